The lowest BCUT2D eigenvalue weighted by atomic mass is 9.97. The maximum absolute atomic E-state index is 14.7. The molecule has 6 heteroatoms. The number of hydrogen-bond acceptors (Lipinski definition) is 0. The molecule has 0 aliphatic heterocycles. The van der Waals surface area contributed by atoms with Crippen LogP contribution >= 0.6 is 0 Å². The monoisotopic (exact) mass is 418 g/mol. The van der Waals surface area contributed by atoms with E-state index in [2.05, 4.69) is 6.92 Å². The quantitative estimate of drug-likeness (QED) is 0.308. The molecule has 0 aliphatic carbocycles. The zero-order valence-corrected chi connectivity index (χ0v) is 15.9. The summed E-state index contributed by atoms with van der Waals surface area (Å²) in [6.45, 7) is 2.07. The molecule has 0 bridgehead atoms. The Hall–Kier alpha value is -3.20. The van der Waals surface area contributed by atoms with Crippen molar-refractivity contribution in [2.45, 2.75) is 25.9 Å². The lowest BCUT2D eigenvalue weighted by Gasteiger charge is -2.09. The average molecular weight is 418 g/mol. The third kappa shape index (κ3) is 5.04. The minimum absolute atomic E-state index is 0.0746. The van der Waals surface area contributed by atoms with Crippen LogP contribution in [0.3, 0.4) is 0 Å². The summed E-state index contributed by atoms with van der Waals surface area (Å²) in [5.41, 5.74) is 1.32. The molecule has 0 radical (unpaired) electrons. The first kappa shape index (κ1) is 21.5. The van der Waals surface area contributed by atoms with Crippen molar-refractivity contribution in [1.29, 1.82) is 0 Å². The predicted octanol–water partition coefficient (Wildman–Crippen LogP) is 7.30. The Balaban J connectivity index is 1.94. The molecule has 0 atom stereocenters. The topological polar surface area (TPSA) is 0 Å². The Morgan fingerprint density at radius 2 is 1.30 bits per heavy atom. The molecule has 3 rings (SSSR count). The Morgan fingerprint density at radius 3 is 1.83 bits per heavy atom. The fourth-order valence-corrected chi connectivity index (χ4v) is 3.06. The van der Waals surface area contributed by atoms with Gasteiger partial charge in [-0.3, -0.25) is 0 Å². The van der Waals surface area contributed by atoms with Crippen molar-refractivity contribution in [3.05, 3.63) is 83.2 Å². The summed E-state index contributed by atoms with van der Waals surface area (Å²) in [5, 5.41) is 0. The molecule has 0 unspecified atom stereocenters. The van der Waals surface area contributed by atoms with E-state index in [0.717, 1.165) is 42.0 Å². The van der Waals surface area contributed by atoms with Crippen molar-refractivity contribution < 1.29 is 26.3 Å². The van der Waals surface area contributed by atoms with E-state index in [0.29, 0.717) is 5.56 Å². The Labute approximate surface area is 170 Å². The van der Waals surface area contributed by atoms with E-state index in [-0.39, 0.29) is 11.1 Å². The Kier molecular flexibility index (Phi) is 6.21. The van der Waals surface area contributed by atoms with Crippen LogP contribution in [0.4, 0.5) is 26.3 Å². The van der Waals surface area contributed by atoms with Gasteiger partial charge in [-0.2, -0.15) is 13.2 Å². The largest absolute Gasteiger partial charge is 0.458 e. The number of halogens is 6. The first-order valence-corrected chi connectivity index (χ1v) is 9.16. The number of rotatable bonds is 4. The summed E-state index contributed by atoms with van der Waals surface area (Å²) < 4.78 is 79.4. The molecular formula is C24H16F6. The van der Waals surface area contributed by atoms with E-state index in [1.54, 1.807) is 6.07 Å². The normalized spacial score (nSPS) is 11.2. The van der Waals surface area contributed by atoms with Gasteiger partial charge in [0, 0.05) is 11.5 Å². The zero-order valence-electron chi connectivity index (χ0n) is 15.9. The molecule has 0 N–H and O–H groups in total. The van der Waals surface area contributed by atoms with Gasteiger partial charge in [0.05, 0.1) is 5.56 Å². The third-order valence-corrected chi connectivity index (χ3v) is 4.48. The van der Waals surface area contributed by atoms with E-state index in [1.807, 2.05) is 24.3 Å². The standard InChI is InChI=1S/C24H16F6/c1-2-3-15-4-6-16(7-5-15)17-8-9-19(21(25)12-17)18-13-22(26)20(23(27)14-18)10-11-24(28,29)30/h4-9,12-14H,2-3H2,1H3. The highest BCUT2D eigenvalue weighted by Crippen LogP contribution is 2.30. The average Bonchev–Trinajstić information content (AvgIpc) is 2.67. The van der Waals surface area contributed by atoms with E-state index in [4.69, 9.17) is 0 Å². The zero-order chi connectivity index (χ0) is 21.9. The van der Waals surface area contributed by atoms with Gasteiger partial charge in [-0.15, -0.1) is 0 Å². The molecule has 0 aromatic heterocycles. The van der Waals surface area contributed by atoms with Gasteiger partial charge in [0.2, 0.25) is 0 Å². The van der Waals surface area contributed by atoms with Crippen LogP contribution in [0.1, 0.15) is 24.5 Å². The third-order valence-electron chi connectivity index (χ3n) is 4.48. The molecule has 3 aromatic rings. The van der Waals surface area contributed by atoms with Gasteiger partial charge in [-0.25, -0.2) is 13.2 Å². The highest BCUT2D eigenvalue weighted by Gasteiger charge is 2.23. The van der Waals surface area contributed by atoms with Crippen LogP contribution in [0.25, 0.3) is 22.3 Å². The molecule has 154 valence electrons. The lowest BCUT2D eigenvalue weighted by molar-refractivity contribution is -0.0696. The summed E-state index contributed by atoms with van der Waals surface area (Å²) >= 11 is 0. The molecule has 0 nitrogen and oxygen atoms in total. The van der Waals surface area contributed by atoms with E-state index >= 15 is 0 Å². The van der Waals surface area contributed by atoms with Crippen LogP contribution in [-0.2, 0) is 6.42 Å². The number of hydrogen-bond donors (Lipinski definition) is 0. The molecule has 3 aromatic carbocycles. The smallest absolute Gasteiger partial charge is 0.206 e. The van der Waals surface area contributed by atoms with Gasteiger partial charge >= 0.3 is 6.18 Å². The summed E-state index contributed by atoms with van der Waals surface area (Å²) in [7, 11) is 0. The lowest BCUT2D eigenvalue weighted by Crippen LogP contribution is -2.02. The van der Waals surface area contributed by atoms with Crippen LogP contribution in [0.5, 0.6) is 0 Å². The van der Waals surface area contributed by atoms with Crippen molar-refractivity contribution in [3.8, 4) is 34.1 Å². The number of aryl methyl sites for hydroxylation is 1. The molecule has 30 heavy (non-hydrogen) atoms. The maximum atomic E-state index is 14.7. The van der Waals surface area contributed by atoms with Gasteiger partial charge < -0.3 is 0 Å². The summed E-state index contributed by atoms with van der Waals surface area (Å²) in [4.78, 5) is 0. The summed E-state index contributed by atoms with van der Waals surface area (Å²) in [6.07, 6.45) is -2.93. The van der Waals surface area contributed by atoms with Crippen LogP contribution in [-0.4, -0.2) is 6.18 Å². The fourth-order valence-electron chi connectivity index (χ4n) is 3.06. The molecule has 0 heterocycles. The van der Waals surface area contributed by atoms with Gasteiger partial charge in [0.15, 0.2) is 0 Å². The predicted molar refractivity (Wildman–Crippen MR) is 104 cm³/mol. The van der Waals surface area contributed by atoms with Crippen molar-refractivity contribution in [3.63, 3.8) is 0 Å². The molecule has 0 spiro atoms. The minimum Gasteiger partial charge on any atom is -0.206 e. The maximum Gasteiger partial charge on any atom is 0.458 e. The second-order valence-electron chi connectivity index (χ2n) is 6.70. The van der Waals surface area contributed by atoms with E-state index in [1.165, 1.54) is 18.1 Å². The molecular weight excluding hydrogens is 402 g/mol. The fraction of sp³-hybridized carbons (Fsp3) is 0.167. The van der Waals surface area contributed by atoms with Crippen molar-refractivity contribution in [2.75, 3.05) is 0 Å². The van der Waals surface area contributed by atoms with Crippen molar-refractivity contribution >= 4 is 0 Å². The first-order valence-electron chi connectivity index (χ1n) is 9.16. The van der Waals surface area contributed by atoms with Gasteiger partial charge in [-0.1, -0.05) is 55.7 Å². The molecule has 0 saturated carbocycles. The second-order valence-corrected chi connectivity index (χ2v) is 6.70. The van der Waals surface area contributed by atoms with Gasteiger partial charge in [-0.05, 0) is 46.9 Å². The highest BCUT2D eigenvalue weighted by atomic mass is 19.4. The van der Waals surface area contributed by atoms with Crippen molar-refractivity contribution in [1.82, 2.24) is 0 Å². The Bertz CT molecular complexity index is 1090. The molecule has 0 amide bonds. The molecule has 0 aliphatic rings. The summed E-state index contributed by atoms with van der Waals surface area (Å²) in [5.74, 6) is -1.04. The SMILES string of the molecule is CCCc1ccc(-c2ccc(-c3cc(F)c(C#CC(F)(F)F)c(F)c3)c(F)c2)cc1. The first-order chi connectivity index (χ1) is 14.2. The highest BCUT2D eigenvalue weighted by molar-refractivity contribution is 5.71. The Morgan fingerprint density at radius 1 is 0.733 bits per heavy atom. The number of benzene rings is 3. The van der Waals surface area contributed by atoms with Gasteiger partial charge in [0.1, 0.15) is 17.5 Å². The van der Waals surface area contributed by atoms with E-state index in [9.17, 15) is 26.3 Å². The van der Waals surface area contributed by atoms with E-state index < -0.39 is 29.2 Å². The van der Waals surface area contributed by atoms with Crippen LogP contribution in [0.2, 0.25) is 0 Å². The number of alkyl halides is 3. The van der Waals surface area contributed by atoms with Crippen LogP contribution < -0.4 is 0 Å². The van der Waals surface area contributed by atoms with Crippen LogP contribution in [0.15, 0.2) is 54.6 Å². The molecule has 0 fully saturated rings. The molecule has 0 saturated heterocycles. The second kappa shape index (κ2) is 8.66. The van der Waals surface area contributed by atoms with Gasteiger partial charge in [0.25, 0.3) is 0 Å². The van der Waals surface area contributed by atoms with Crippen LogP contribution in [0, 0.1) is 29.3 Å². The minimum atomic E-state index is -4.88. The summed E-state index contributed by atoms with van der Waals surface area (Å²) in [6, 6.07) is 13.4. The van der Waals surface area contributed by atoms with Crippen molar-refractivity contribution in [2.24, 2.45) is 0 Å².